The first kappa shape index (κ1) is 16.8. The molecule has 0 saturated carbocycles. The number of pyridine rings is 1. The van der Waals surface area contributed by atoms with Crippen molar-refractivity contribution in [2.75, 3.05) is 11.1 Å². The van der Waals surface area contributed by atoms with Crippen LogP contribution >= 0.6 is 23.4 Å². The molecule has 3 rings (SSSR count). The molecule has 0 radical (unpaired) electrons. The molecule has 7 heteroatoms. The van der Waals surface area contributed by atoms with Gasteiger partial charge in [0.1, 0.15) is 0 Å². The first-order valence-corrected chi connectivity index (χ1v) is 8.91. The third kappa shape index (κ3) is 4.07. The van der Waals surface area contributed by atoms with Gasteiger partial charge in [0, 0.05) is 11.9 Å². The highest BCUT2D eigenvalue weighted by Crippen LogP contribution is 2.21. The van der Waals surface area contributed by atoms with Crippen molar-refractivity contribution >= 4 is 46.1 Å². The van der Waals surface area contributed by atoms with Gasteiger partial charge in [-0.1, -0.05) is 49.3 Å². The van der Waals surface area contributed by atoms with E-state index in [1.807, 2.05) is 24.3 Å². The van der Waals surface area contributed by atoms with Gasteiger partial charge in [-0.05, 0) is 29.7 Å². The summed E-state index contributed by atoms with van der Waals surface area (Å²) in [7, 11) is 0. The van der Waals surface area contributed by atoms with Gasteiger partial charge < -0.3 is 10.3 Å². The number of carbonyl (C=O) groups is 1. The number of benzene rings is 1. The quantitative estimate of drug-likeness (QED) is 0.659. The summed E-state index contributed by atoms with van der Waals surface area (Å²) < 4.78 is 0. The molecule has 3 aromatic rings. The van der Waals surface area contributed by atoms with Crippen molar-refractivity contribution < 1.29 is 4.79 Å². The van der Waals surface area contributed by atoms with Crippen LogP contribution in [0.5, 0.6) is 0 Å². The van der Waals surface area contributed by atoms with E-state index in [0.717, 1.165) is 11.2 Å². The zero-order chi connectivity index (χ0) is 17.1. The summed E-state index contributed by atoms with van der Waals surface area (Å²) in [4.78, 5) is 23.6. The molecule has 0 aliphatic rings. The Balaban J connectivity index is 1.58. The highest BCUT2D eigenvalue weighted by atomic mass is 35.5. The second-order valence-corrected chi connectivity index (χ2v) is 7.08. The highest BCUT2D eigenvalue weighted by Gasteiger charge is 2.09. The van der Waals surface area contributed by atoms with Gasteiger partial charge in [-0.2, -0.15) is 0 Å². The van der Waals surface area contributed by atoms with Crippen molar-refractivity contribution in [2.45, 2.75) is 24.9 Å². The number of thioether (sulfide) groups is 1. The summed E-state index contributed by atoms with van der Waals surface area (Å²) in [6.45, 7) is 4.28. The molecule has 0 spiro atoms. The van der Waals surface area contributed by atoms with Crippen LogP contribution in [0.3, 0.4) is 0 Å². The Labute approximate surface area is 149 Å². The second-order valence-electron chi connectivity index (χ2n) is 5.68. The van der Waals surface area contributed by atoms with Crippen molar-refractivity contribution in [2.24, 2.45) is 0 Å². The number of imidazole rings is 1. The summed E-state index contributed by atoms with van der Waals surface area (Å²) in [5.74, 6) is 0.656. The minimum absolute atomic E-state index is 0.0799. The number of nitrogens with one attached hydrogen (secondary N) is 2. The van der Waals surface area contributed by atoms with Gasteiger partial charge in [0.05, 0.1) is 16.3 Å². The van der Waals surface area contributed by atoms with Gasteiger partial charge in [-0.3, -0.25) is 4.79 Å². The third-order valence-corrected chi connectivity index (χ3v) is 4.56. The van der Waals surface area contributed by atoms with Crippen LogP contribution in [0.2, 0.25) is 5.02 Å². The lowest BCUT2D eigenvalue weighted by Gasteiger charge is -2.08. The summed E-state index contributed by atoms with van der Waals surface area (Å²) >= 11 is 7.22. The van der Waals surface area contributed by atoms with Crippen LogP contribution in [0, 0.1) is 0 Å². The van der Waals surface area contributed by atoms with Gasteiger partial charge in [0.15, 0.2) is 10.8 Å². The molecule has 124 valence electrons. The first-order chi connectivity index (χ1) is 11.5. The van der Waals surface area contributed by atoms with Crippen LogP contribution in [0.4, 0.5) is 5.69 Å². The Morgan fingerprint density at radius 2 is 2.08 bits per heavy atom. The first-order valence-electron chi connectivity index (χ1n) is 7.55. The number of hydrogen-bond acceptors (Lipinski definition) is 4. The normalized spacial score (nSPS) is 11.2. The molecule has 2 heterocycles. The Hall–Kier alpha value is -2.05. The molecule has 0 saturated heterocycles. The molecule has 1 aromatic carbocycles. The maximum absolute atomic E-state index is 12.1. The number of anilines is 1. The fourth-order valence-corrected chi connectivity index (χ4v) is 3.03. The number of nitrogens with zero attached hydrogens (tertiary/aromatic N) is 2. The van der Waals surface area contributed by atoms with Crippen molar-refractivity contribution in [1.29, 1.82) is 0 Å². The summed E-state index contributed by atoms with van der Waals surface area (Å²) in [6, 6.07) is 9.66. The van der Waals surface area contributed by atoms with Crippen molar-refractivity contribution in [3.8, 4) is 0 Å². The van der Waals surface area contributed by atoms with E-state index in [2.05, 4.69) is 34.1 Å². The minimum atomic E-state index is -0.0799. The molecule has 2 aromatic heterocycles. The molecule has 2 N–H and O–H groups in total. The molecule has 0 bridgehead atoms. The number of rotatable bonds is 5. The van der Waals surface area contributed by atoms with E-state index in [9.17, 15) is 4.79 Å². The van der Waals surface area contributed by atoms with Crippen molar-refractivity contribution in [3.05, 3.63) is 47.1 Å². The fraction of sp³-hybridized carbons (Fsp3) is 0.235. The molecule has 5 nitrogen and oxygen atoms in total. The lowest BCUT2D eigenvalue weighted by Crippen LogP contribution is -2.14. The standard InChI is InChI=1S/C17H17ClN4OS/c1-10(2)11-3-5-13(6-4-11)20-15(23)9-24-17-21-14-7-12(18)8-19-16(14)22-17/h3-8,10H,9H2,1-2H3,(H,20,23)(H,19,21,22). The maximum Gasteiger partial charge on any atom is 0.234 e. The van der Waals surface area contributed by atoms with E-state index in [0.29, 0.717) is 21.7 Å². The number of H-pyrrole nitrogens is 1. The number of fused-ring (bicyclic) bond motifs is 1. The molecular weight excluding hydrogens is 344 g/mol. The molecule has 0 aliphatic carbocycles. The largest absolute Gasteiger partial charge is 0.331 e. The molecular formula is C17H17ClN4OS. The zero-order valence-corrected chi connectivity index (χ0v) is 14.9. The average molecular weight is 361 g/mol. The van der Waals surface area contributed by atoms with Crippen LogP contribution < -0.4 is 5.32 Å². The zero-order valence-electron chi connectivity index (χ0n) is 13.3. The number of hydrogen-bond donors (Lipinski definition) is 2. The minimum Gasteiger partial charge on any atom is -0.331 e. The molecule has 0 unspecified atom stereocenters. The Morgan fingerprint density at radius 1 is 1.33 bits per heavy atom. The Bertz CT molecular complexity index is 861. The summed E-state index contributed by atoms with van der Waals surface area (Å²) in [6.07, 6.45) is 1.55. The van der Waals surface area contributed by atoms with Crippen LogP contribution in [-0.4, -0.2) is 26.6 Å². The third-order valence-electron chi connectivity index (χ3n) is 3.48. The average Bonchev–Trinajstić information content (AvgIpc) is 2.95. The monoisotopic (exact) mass is 360 g/mol. The molecule has 24 heavy (non-hydrogen) atoms. The van der Waals surface area contributed by atoms with Crippen molar-refractivity contribution in [3.63, 3.8) is 0 Å². The van der Waals surface area contributed by atoms with Crippen LogP contribution in [0.1, 0.15) is 25.3 Å². The van der Waals surface area contributed by atoms with E-state index >= 15 is 0 Å². The van der Waals surface area contributed by atoms with Crippen LogP contribution in [-0.2, 0) is 4.79 Å². The van der Waals surface area contributed by atoms with E-state index in [1.54, 1.807) is 12.3 Å². The predicted octanol–water partition coefficient (Wildman–Crippen LogP) is 4.47. The fourth-order valence-electron chi connectivity index (χ4n) is 2.20. The maximum atomic E-state index is 12.1. The van der Waals surface area contributed by atoms with Crippen LogP contribution in [0.15, 0.2) is 41.7 Å². The van der Waals surface area contributed by atoms with Gasteiger partial charge in [-0.15, -0.1) is 0 Å². The lowest BCUT2D eigenvalue weighted by molar-refractivity contribution is -0.113. The van der Waals surface area contributed by atoms with Gasteiger partial charge in [0.2, 0.25) is 5.91 Å². The number of carbonyl (C=O) groups excluding carboxylic acids is 1. The van der Waals surface area contributed by atoms with Gasteiger partial charge >= 0.3 is 0 Å². The number of halogens is 1. The second kappa shape index (κ2) is 7.23. The smallest absolute Gasteiger partial charge is 0.234 e. The van der Waals surface area contributed by atoms with Gasteiger partial charge in [0.25, 0.3) is 0 Å². The predicted molar refractivity (Wildman–Crippen MR) is 98.8 cm³/mol. The molecule has 1 amide bonds. The number of aromatic nitrogens is 3. The number of amides is 1. The Kier molecular flexibility index (Phi) is 5.06. The van der Waals surface area contributed by atoms with E-state index < -0.39 is 0 Å². The molecule has 0 fully saturated rings. The molecule has 0 atom stereocenters. The highest BCUT2D eigenvalue weighted by molar-refractivity contribution is 7.99. The summed E-state index contributed by atoms with van der Waals surface area (Å²) in [5, 5.41) is 4.07. The van der Waals surface area contributed by atoms with E-state index in [1.165, 1.54) is 17.3 Å². The summed E-state index contributed by atoms with van der Waals surface area (Å²) in [5.41, 5.74) is 3.39. The number of aromatic amines is 1. The van der Waals surface area contributed by atoms with E-state index in [-0.39, 0.29) is 11.7 Å². The van der Waals surface area contributed by atoms with Crippen LogP contribution in [0.25, 0.3) is 11.2 Å². The van der Waals surface area contributed by atoms with Gasteiger partial charge in [-0.25, -0.2) is 9.97 Å². The van der Waals surface area contributed by atoms with E-state index in [4.69, 9.17) is 11.6 Å². The lowest BCUT2D eigenvalue weighted by atomic mass is 10.0. The SMILES string of the molecule is CC(C)c1ccc(NC(=O)CSc2nc3ncc(Cl)cc3[nH]2)cc1. The topological polar surface area (TPSA) is 70.7 Å². The Morgan fingerprint density at radius 3 is 2.79 bits per heavy atom. The van der Waals surface area contributed by atoms with Crippen molar-refractivity contribution in [1.82, 2.24) is 15.0 Å². The molecule has 0 aliphatic heterocycles.